The Labute approximate surface area is 137 Å². The molecule has 0 radical (unpaired) electrons. The summed E-state index contributed by atoms with van der Waals surface area (Å²) in [5.74, 6) is 0.624. The minimum absolute atomic E-state index is 0.343. The van der Waals surface area contributed by atoms with E-state index in [2.05, 4.69) is 21.0 Å². The zero-order valence-electron chi connectivity index (χ0n) is 11.3. The number of hydrogen-bond donors (Lipinski definition) is 0. The summed E-state index contributed by atoms with van der Waals surface area (Å²) in [6, 6.07) is 5.49. The molecule has 0 bridgehead atoms. The maximum absolute atomic E-state index is 6.34. The first-order valence-corrected chi connectivity index (χ1v) is 7.93. The summed E-state index contributed by atoms with van der Waals surface area (Å²) < 4.78 is 8.56. The van der Waals surface area contributed by atoms with Gasteiger partial charge < -0.3 is 4.74 Å². The van der Waals surface area contributed by atoms with E-state index in [-0.39, 0.29) is 0 Å². The third-order valence-corrected chi connectivity index (χ3v) is 4.19. The molecule has 0 aliphatic rings. The molecule has 0 unspecified atom stereocenters. The Morgan fingerprint density at radius 2 is 2.05 bits per heavy atom. The van der Waals surface area contributed by atoms with E-state index in [0.29, 0.717) is 22.4 Å². The van der Waals surface area contributed by atoms with Crippen molar-refractivity contribution < 1.29 is 4.74 Å². The van der Waals surface area contributed by atoms with Gasteiger partial charge in [-0.15, -0.1) is 0 Å². The van der Waals surface area contributed by atoms with Crippen LogP contribution in [0.5, 0.6) is 5.75 Å². The highest BCUT2D eigenvalue weighted by Crippen LogP contribution is 2.30. The predicted octanol–water partition coefficient (Wildman–Crippen LogP) is 5.11. The van der Waals surface area contributed by atoms with Gasteiger partial charge in [0.15, 0.2) is 0 Å². The van der Waals surface area contributed by atoms with Crippen LogP contribution in [0.4, 0.5) is 0 Å². The Balaban J connectivity index is 2.22. The lowest BCUT2D eigenvalue weighted by atomic mass is 10.3. The number of ether oxygens (including phenoxy) is 1. The van der Waals surface area contributed by atoms with Crippen LogP contribution in [0.3, 0.4) is 0 Å². The predicted molar refractivity (Wildman–Crippen MR) is 85.8 cm³/mol. The van der Waals surface area contributed by atoms with Crippen molar-refractivity contribution in [3.63, 3.8) is 0 Å². The molecule has 0 N–H and O–H groups in total. The molecule has 0 aliphatic carbocycles. The summed E-state index contributed by atoms with van der Waals surface area (Å²) in [4.78, 5) is 0. The van der Waals surface area contributed by atoms with E-state index in [1.165, 1.54) is 0 Å². The van der Waals surface area contributed by atoms with Crippen molar-refractivity contribution in [1.82, 2.24) is 9.78 Å². The monoisotopic (exact) mass is 376 g/mol. The van der Waals surface area contributed by atoms with E-state index < -0.39 is 0 Å². The highest BCUT2D eigenvalue weighted by Gasteiger charge is 2.15. The van der Waals surface area contributed by atoms with Gasteiger partial charge in [0.2, 0.25) is 0 Å². The molecule has 0 amide bonds. The van der Waals surface area contributed by atoms with Gasteiger partial charge in [-0.2, -0.15) is 5.10 Å². The Bertz CT molecular complexity index is 613. The maximum atomic E-state index is 6.34. The van der Waals surface area contributed by atoms with Gasteiger partial charge in [0.05, 0.1) is 21.4 Å². The van der Waals surface area contributed by atoms with Gasteiger partial charge in [0.1, 0.15) is 12.4 Å². The van der Waals surface area contributed by atoms with E-state index in [1.54, 1.807) is 6.07 Å². The first-order valence-electron chi connectivity index (χ1n) is 6.38. The number of nitrogens with zero attached hydrogens (tertiary/aromatic N) is 2. The molecule has 6 heteroatoms. The van der Waals surface area contributed by atoms with Gasteiger partial charge >= 0.3 is 0 Å². The fourth-order valence-corrected chi connectivity index (χ4v) is 2.72. The van der Waals surface area contributed by atoms with Crippen molar-refractivity contribution in [2.24, 2.45) is 0 Å². The van der Waals surface area contributed by atoms with Gasteiger partial charge in [-0.25, -0.2) is 0 Å². The molecule has 2 rings (SSSR count). The van der Waals surface area contributed by atoms with Crippen LogP contribution >= 0.6 is 39.1 Å². The zero-order chi connectivity index (χ0) is 14.7. The summed E-state index contributed by atoms with van der Waals surface area (Å²) in [5, 5.41) is 5.71. The molecular weight excluding hydrogens is 363 g/mol. The van der Waals surface area contributed by atoms with Crippen LogP contribution < -0.4 is 4.74 Å². The van der Waals surface area contributed by atoms with Gasteiger partial charge in [0, 0.05) is 11.0 Å². The van der Waals surface area contributed by atoms with Crippen LogP contribution in [-0.4, -0.2) is 9.78 Å². The normalized spacial score (nSPS) is 10.8. The molecule has 0 spiro atoms. The van der Waals surface area contributed by atoms with E-state index in [1.807, 2.05) is 30.7 Å². The van der Waals surface area contributed by atoms with Gasteiger partial charge in [-0.1, -0.05) is 46.1 Å². The van der Waals surface area contributed by atoms with Crippen LogP contribution in [0.2, 0.25) is 10.0 Å². The smallest absolute Gasteiger partial charge is 0.139 e. The van der Waals surface area contributed by atoms with Crippen molar-refractivity contribution in [2.75, 3.05) is 0 Å². The van der Waals surface area contributed by atoms with Crippen LogP contribution in [0.15, 0.2) is 22.7 Å². The lowest BCUT2D eigenvalue weighted by Crippen LogP contribution is -2.06. The van der Waals surface area contributed by atoms with Crippen molar-refractivity contribution in [3.05, 3.63) is 44.1 Å². The Hall–Kier alpha value is -0.710. The molecule has 1 aromatic carbocycles. The lowest BCUT2D eigenvalue weighted by molar-refractivity contribution is 0.292. The highest BCUT2D eigenvalue weighted by molar-refractivity contribution is 9.10. The molecule has 0 aliphatic heterocycles. The fraction of sp³-hybridized carbons (Fsp3) is 0.357. The molecular formula is C14H15BrCl2N2O. The molecule has 0 saturated heterocycles. The number of hydrogen-bond acceptors (Lipinski definition) is 2. The van der Waals surface area contributed by atoms with Crippen LogP contribution in [-0.2, 0) is 19.6 Å². The number of aryl methyl sites for hydroxylation is 2. The van der Waals surface area contributed by atoms with Crippen molar-refractivity contribution in [1.29, 1.82) is 0 Å². The molecule has 1 heterocycles. The zero-order valence-corrected chi connectivity index (χ0v) is 14.4. The number of aromatic nitrogens is 2. The molecule has 2 aromatic rings. The minimum Gasteiger partial charge on any atom is -0.486 e. The number of benzene rings is 1. The van der Waals surface area contributed by atoms with E-state index in [0.717, 1.165) is 28.8 Å². The number of rotatable bonds is 5. The summed E-state index contributed by atoms with van der Waals surface area (Å²) in [6.07, 6.45) is 0.802. The second kappa shape index (κ2) is 6.83. The molecule has 0 atom stereocenters. The first kappa shape index (κ1) is 15.7. The maximum Gasteiger partial charge on any atom is 0.139 e. The molecule has 108 valence electrons. The van der Waals surface area contributed by atoms with E-state index in [9.17, 15) is 0 Å². The third kappa shape index (κ3) is 3.30. The Morgan fingerprint density at radius 3 is 2.70 bits per heavy atom. The second-order valence-corrected chi connectivity index (χ2v) is 5.94. The molecule has 3 nitrogen and oxygen atoms in total. The Morgan fingerprint density at radius 1 is 1.30 bits per heavy atom. The van der Waals surface area contributed by atoms with E-state index >= 15 is 0 Å². The standard InChI is InChI=1S/C14H15BrCl2N2O/c1-3-11-14(17)12(19(4-2)18-11)8-20-13-7-9(15)5-6-10(13)16/h5-7H,3-4,8H2,1-2H3. The summed E-state index contributed by atoms with van der Waals surface area (Å²) >= 11 is 15.8. The van der Waals surface area contributed by atoms with E-state index in [4.69, 9.17) is 27.9 Å². The quantitative estimate of drug-likeness (QED) is 0.723. The topological polar surface area (TPSA) is 27.1 Å². The highest BCUT2D eigenvalue weighted by atomic mass is 79.9. The SMILES string of the molecule is CCc1nn(CC)c(COc2cc(Br)ccc2Cl)c1Cl. The van der Waals surface area contributed by atoms with Gasteiger partial charge in [-0.3, -0.25) is 4.68 Å². The largest absolute Gasteiger partial charge is 0.486 e. The van der Waals surface area contributed by atoms with Gasteiger partial charge in [0.25, 0.3) is 0 Å². The first-order chi connectivity index (χ1) is 9.56. The minimum atomic E-state index is 0.343. The van der Waals surface area contributed by atoms with Crippen LogP contribution in [0.1, 0.15) is 25.2 Å². The number of halogens is 3. The molecule has 0 fully saturated rings. The van der Waals surface area contributed by atoms with Crippen LogP contribution in [0, 0.1) is 0 Å². The summed E-state index contributed by atoms with van der Waals surface area (Å²) in [5.41, 5.74) is 1.77. The summed E-state index contributed by atoms with van der Waals surface area (Å²) in [6.45, 7) is 5.16. The lowest BCUT2D eigenvalue weighted by Gasteiger charge is -2.10. The van der Waals surface area contributed by atoms with Crippen molar-refractivity contribution >= 4 is 39.1 Å². The fourth-order valence-electron chi connectivity index (χ4n) is 1.89. The Kier molecular flexibility index (Phi) is 5.35. The average molecular weight is 378 g/mol. The molecule has 0 saturated carbocycles. The van der Waals surface area contributed by atoms with Crippen LogP contribution in [0.25, 0.3) is 0 Å². The van der Waals surface area contributed by atoms with Crippen molar-refractivity contribution in [3.8, 4) is 5.75 Å². The molecule has 1 aromatic heterocycles. The third-order valence-electron chi connectivity index (χ3n) is 2.95. The average Bonchev–Trinajstić information content (AvgIpc) is 2.75. The summed E-state index contributed by atoms with van der Waals surface area (Å²) in [7, 11) is 0. The second-order valence-electron chi connectivity index (χ2n) is 4.24. The van der Waals surface area contributed by atoms with Crippen molar-refractivity contribution in [2.45, 2.75) is 33.4 Å². The molecule has 20 heavy (non-hydrogen) atoms. The van der Waals surface area contributed by atoms with Gasteiger partial charge in [-0.05, 0) is 31.5 Å².